The third-order valence-corrected chi connectivity index (χ3v) is 2.63. The van der Waals surface area contributed by atoms with E-state index >= 15 is 0 Å². The molecule has 0 spiro atoms. The van der Waals surface area contributed by atoms with Crippen molar-refractivity contribution in [2.75, 3.05) is 5.73 Å². The van der Waals surface area contributed by atoms with E-state index in [-0.39, 0.29) is 5.41 Å². The molecular weight excluding hydrogens is 248 g/mol. The fourth-order valence-corrected chi connectivity index (χ4v) is 1.60. The Kier molecular flexibility index (Phi) is 3.22. The van der Waals surface area contributed by atoms with Gasteiger partial charge in [-0.25, -0.2) is 18.7 Å². The van der Waals surface area contributed by atoms with E-state index in [0.717, 1.165) is 12.1 Å². The minimum atomic E-state index is -0.910. The number of nitrogens with zero attached hydrogens (tertiary/aromatic N) is 2. The molecule has 2 rings (SSSR count). The van der Waals surface area contributed by atoms with Crippen molar-refractivity contribution in [2.24, 2.45) is 0 Å². The van der Waals surface area contributed by atoms with Crippen LogP contribution in [0.15, 0.2) is 24.3 Å². The van der Waals surface area contributed by atoms with E-state index in [4.69, 9.17) is 5.73 Å². The van der Waals surface area contributed by atoms with Gasteiger partial charge in [0, 0.05) is 17.0 Å². The van der Waals surface area contributed by atoms with Gasteiger partial charge < -0.3 is 5.73 Å². The Morgan fingerprint density at radius 1 is 1.00 bits per heavy atom. The summed E-state index contributed by atoms with van der Waals surface area (Å²) in [5, 5.41) is 0. The van der Waals surface area contributed by atoms with E-state index in [1.165, 1.54) is 6.07 Å². The van der Waals surface area contributed by atoms with Gasteiger partial charge in [0.2, 0.25) is 0 Å². The fourth-order valence-electron chi connectivity index (χ4n) is 1.60. The van der Waals surface area contributed by atoms with Crippen LogP contribution in [0.4, 0.5) is 14.6 Å². The third-order valence-electron chi connectivity index (χ3n) is 2.63. The van der Waals surface area contributed by atoms with Crippen molar-refractivity contribution in [1.82, 2.24) is 9.97 Å². The second-order valence-corrected chi connectivity index (χ2v) is 5.38. The Labute approximate surface area is 110 Å². The quantitative estimate of drug-likeness (QED) is 0.858. The first-order chi connectivity index (χ1) is 8.77. The van der Waals surface area contributed by atoms with E-state index in [0.29, 0.717) is 22.9 Å². The number of nitrogens with two attached hydrogens (primary N) is 1. The van der Waals surface area contributed by atoms with Crippen LogP contribution in [0.1, 0.15) is 26.6 Å². The van der Waals surface area contributed by atoms with Crippen LogP contribution in [0.5, 0.6) is 0 Å². The Balaban J connectivity index is 2.56. The van der Waals surface area contributed by atoms with Crippen molar-refractivity contribution < 1.29 is 8.78 Å². The molecule has 0 aliphatic carbocycles. The van der Waals surface area contributed by atoms with Crippen molar-refractivity contribution in [3.63, 3.8) is 0 Å². The molecule has 0 saturated carbocycles. The molecule has 0 atom stereocenters. The molecule has 0 bridgehead atoms. The molecule has 2 aromatic rings. The van der Waals surface area contributed by atoms with Crippen LogP contribution in [-0.4, -0.2) is 9.97 Å². The number of rotatable bonds is 1. The summed E-state index contributed by atoms with van der Waals surface area (Å²) in [4.78, 5) is 8.54. The summed E-state index contributed by atoms with van der Waals surface area (Å²) >= 11 is 0. The zero-order valence-corrected chi connectivity index (χ0v) is 11.0. The predicted molar refractivity (Wildman–Crippen MR) is 70.5 cm³/mol. The molecule has 1 heterocycles. The van der Waals surface area contributed by atoms with Gasteiger partial charge in [-0.1, -0.05) is 20.8 Å². The molecule has 0 fully saturated rings. The van der Waals surface area contributed by atoms with Crippen molar-refractivity contribution in [3.8, 4) is 11.3 Å². The van der Waals surface area contributed by atoms with E-state index < -0.39 is 11.6 Å². The smallest absolute Gasteiger partial charge is 0.159 e. The van der Waals surface area contributed by atoms with Gasteiger partial charge in [-0.05, 0) is 18.2 Å². The lowest BCUT2D eigenvalue weighted by molar-refractivity contribution is 0.509. The van der Waals surface area contributed by atoms with Crippen molar-refractivity contribution >= 4 is 5.82 Å². The summed E-state index contributed by atoms with van der Waals surface area (Å²) in [6.45, 7) is 5.87. The Hall–Kier alpha value is -2.04. The molecule has 1 aromatic carbocycles. The SMILES string of the molecule is CC(C)(C)c1nc(N)cc(-c2ccc(F)c(F)c2)n1. The van der Waals surface area contributed by atoms with Crippen LogP contribution in [0.25, 0.3) is 11.3 Å². The van der Waals surface area contributed by atoms with Gasteiger partial charge in [0.15, 0.2) is 11.6 Å². The fraction of sp³-hybridized carbons (Fsp3) is 0.286. The maximum Gasteiger partial charge on any atom is 0.159 e. The minimum absolute atomic E-state index is 0.275. The second kappa shape index (κ2) is 4.57. The molecule has 19 heavy (non-hydrogen) atoms. The number of hydrogen-bond donors (Lipinski definition) is 1. The van der Waals surface area contributed by atoms with Crippen LogP contribution in [0.2, 0.25) is 0 Å². The van der Waals surface area contributed by atoms with E-state index in [1.807, 2.05) is 20.8 Å². The second-order valence-electron chi connectivity index (χ2n) is 5.38. The average Bonchev–Trinajstić information content (AvgIpc) is 2.31. The molecule has 0 unspecified atom stereocenters. The molecule has 0 radical (unpaired) electrons. The van der Waals surface area contributed by atoms with Gasteiger partial charge in [-0.2, -0.15) is 0 Å². The highest BCUT2D eigenvalue weighted by Crippen LogP contribution is 2.25. The molecule has 0 aliphatic heterocycles. The molecule has 2 N–H and O–H groups in total. The standard InChI is InChI=1S/C14H15F2N3/c1-14(2,3)13-18-11(7-12(17)19-13)8-4-5-9(15)10(16)6-8/h4-7H,1-3H3,(H2,17,18,19). The minimum Gasteiger partial charge on any atom is -0.384 e. The summed E-state index contributed by atoms with van der Waals surface area (Å²) in [5.41, 5.74) is 6.42. The topological polar surface area (TPSA) is 51.8 Å². The number of benzene rings is 1. The summed E-state index contributed by atoms with van der Waals surface area (Å²) in [6, 6.07) is 5.18. The summed E-state index contributed by atoms with van der Waals surface area (Å²) in [7, 11) is 0. The van der Waals surface area contributed by atoms with Crippen LogP contribution in [-0.2, 0) is 5.41 Å². The molecule has 100 valence electrons. The Bertz CT molecular complexity index is 619. The lowest BCUT2D eigenvalue weighted by Crippen LogP contribution is -2.17. The summed E-state index contributed by atoms with van der Waals surface area (Å²) in [5.74, 6) is -0.930. The Morgan fingerprint density at radius 2 is 1.68 bits per heavy atom. The number of anilines is 1. The van der Waals surface area contributed by atoms with Crippen molar-refractivity contribution in [3.05, 3.63) is 41.7 Å². The molecule has 3 nitrogen and oxygen atoms in total. The highest BCUT2D eigenvalue weighted by molar-refractivity contribution is 5.62. The Morgan fingerprint density at radius 3 is 2.26 bits per heavy atom. The first-order valence-electron chi connectivity index (χ1n) is 5.88. The van der Waals surface area contributed by atoms with Gasteiger partial charge in [0.1, 0.15) is 11.6 Å². The zero-order chi connectivity index (χ0) is 14.2. The molecule has 0 amide bonds. The highest BCUT2D eigenvalue weighted by atomic mass is 19.2. The van der Waals surface area contributed by atoms with Gasteiger partial charge >= 0.3 is 0 Å². The number of hydrogen-bond acceptors (Lipinski definition) is 3. The van der Waals surface area contributed by atoms with E-state index in [2.05, 4.69) is 9.97 Å². The molecule has 1 aromatic heterocycles. The normalized spacial score (nSPS) is 11.6. The highest BCUT2D eigenvalue weighted by Gasteiger charge is 2.19. The summed E-state index contributed by atoms with van der Waals surface area (Å²) < 4.78 is 26.2. The molecular formula is C14H15F2N3. The van der Waals surface area contributed by atoms with Gasteiger partial charge in [-0.15, -0.1) is 0 Å². The van der Waals surface area contributed by atoms with Gasteiger partial charge in [-0.3, -0.25) is 0 Å². The molecule has 5 heteroatoms. The van der Waals surface area contributed by atoms with Crippen molar-refractivity contribution in [2.45, 2.75) is 26.2 Å². The van der Waals surface area contributed by atoms with E-state index in [1.54, 1.807) is 6.07 Å². The third kappa shape index (κ3) is 2.86. The van der Waals surface area contributed by atoms with E-state index in [9.17, 15) is 8.78 Å². The lowest BCUT2D eigenvalue weighted by Gasteiger charge is -2.17. The average molecular weight is 263 g/mol. The lowest BCUT2D eigenvalue weighted by atomic mass is 9.95. The maximum absolute atomic E-state index is 13.3. The van der Waals surface area contributed by atoms with Crippen LogP contribution >= 0.6 is 0 Å². The number of nitrogen functional groups attached to an aromatic ring is 1. The summed E-state index contributed by atoms with van der Waals surface area (Å²) in [6.07, 6.45) is 0. The number of halogens is 2. The number of aromatic nitrogens is 2. The molecule has 0 saturated heterocycles. The monoisotopic (exact) mass is 263 g/mol. The van der Waals surface area contributed by atoms with Crippen LogP contribution in [0.3, 0.4) is 0 Å². The van der Waals surface area contributed by atoms with Crippen LogP contribution < -0.4 is 5.73 Å². The van der Waals surface area contributed by atoms with Crippen LogP contribution in [0, 0.1) is 11.6 Å². The van der Waals surface area contributed by atoms with Crippen molar-refractivity contribution in [1.29, 1.82) is 0 Å². The van der Waals surface area contributed by atoms with Gasteiger partial charge in [0.05, 0.1) is 5.69 Å². The maximum atomic E-state index is 13.3. The first-order valence-corrected chi connectivity index (χ1v) is 5.88. The first kappa shape index (κ1) is 13.4. The molecule has 0 aliphatic rings. The van der Waals surface area contributed by atoms with Gasteiger partial charge in [0.25, 0.3) is 0 Å². The zero-order valence-electron chi connectivity index (χ0n) is 11.0. The predicted octanol–water partition coefficient (Wildman–Crippen LogP) is 3.30. The largest absolute Gasteiger partial charge is 0.384 e.